The van der Waals surface area contributed by atoms with Crippen molar-refractivity contribution in [1.82, 2.24) is 5.32 Å². The van der Waals surface area contributed by atoms with Gasteiger partial charge in [-0.05, 0) is 24.1 Å². The normalized spacial score (nSPS) is 25.5. The Morgan fingerprint density at radius 3 is 2.77 bits per heavy atom. The second-order valence-corrected chi connectivity index (χ2v) is 5.00. The number of azide groups is 1. The Morgan fingerprint density at radius 2 is 2.23 bits per heavy atom. The summed E-state index contributed by atoms with van der Waals surface area (Å²) in [5.74, 6) is -0.332. The second kappa shape index (κ2) is 7.77. The Bertz CT molecular complexity index is 556. The first kappa shape index (κ1) is 16.3. The average molecular weight is 306 g/mol. The molecule has 1 saturated heterocycles. The topological polar surface area (TPSA) is 117 Å². The molecule has 0 saturated carbocycles. The fourth-order valence-corrected chi connectivity index (χ4v) is 2.27. The van der Waals surface area contributed by atoms with Gasteiger partial charge in [-0.25, -0.2) is 4.79 Å². The molecule has 1 aromatic carbocycles. The molecule has 0 aromatic heterocycles. The highest BCUT2D eigenvalue weighted by Gasteiger charge is 2.21. The van der Waals surface area contributed by atoms with E-state index < -0.39 is 6.29 Å². The fourth-order valence-electron chi connectivity index (χ4n) is 2.27. The SMILES string of the molecule is COC1OC(=O)c2ccc1cc2.[N-]=[N+]=NCC1CC(O)CN1. The van der Waals surface area contributed by atoms with Gasteiger partial charge in [-0.3, -0.25) is 0 Å². The predicted octanol–water partition coefficient (Wildman–Crippen LogP) is 1.52. The van der Waals surface area contributed by atoms with Crippen molar-refractivity contribution in [3.05, 3.63) is 45.8 Å². The summed E-state index contributed by atoms with van der Waals surface area (Å²) in [6, 6.07) is 7.29. The maximum absolute atomic E-state index is 11.2. The number of benzene rings is 1. The first-order valence-electron chi connectivity index (χ1n) is 6.90. The van der Waals surface area contributed by atoms with Gasteiger partial charge in [0.15, 0.2) is 0 Å². The monoisotopic (exact) mass is 306 g/mol. The molecule has 118 valence electrons. The molecule has 4 rings (SSSR count). The van der Waals surface area contributed by atoms with Crippen LogP contribution >= 0.6 is 0 Å². The summed E-state index contributed by atoms with van der Waals surface area (Å²) in [5, 5.41) is 15.4. The number of aliphatic hydroxyl groups is 1. The quantitative estimate of drug-likeness (QED) is 0.380. The summed E-state index contributed by atoms with van der Waals surface area (Å²) in [7, 11) is 1.51. The number of nitrogens with one attached hydrogen (secondary N) is 1. The van der Waals surface area contributed by atoms with E-state index in [0.29, 0.717) is 25.1 Å². The van der Waals surface area contributed by atoms with Crippen molar-refractivity contribution in [3.8, 4) is 0 Å². The zero-order valence-corrected chi connectivity index (χ0v) is 12.2. The van der Waals surface area contributed by atoms with E-state index in [0.717, 1.165) is 5.56 Å². The van der Waals surface area contributed by atoms with Crippen molar-refractivity contribution < 1.29 is 19.4 Å². The van der Waals surface area contributed by atoms with Gasteiger partial charge in [-0.1, -0.05) is 17.2 Å². The number of rotatable bonds is 3. The summed E-state index contributed by atoms with van der Waals surface area (Å²) in [6.07, 6.45) is -0.122. The molecule has 1 fully saturated rings. The predicted molar refractivity (Wildman–Crippen MR) is 78.0 cm³/mol. The largest absolute Gasteiger partial charge is 0.428 e. The van der Waals surface area contributed by atoms with Crippen LogP contribution in [0.5, 0.6) is 0 Å². The molecule has 8 heteroatoms. The number of esters is 1. The second-order valence-electron chi connectivity index (χ2n) is 5.00. The maximum atomic E-state index is 11.2. The number of carbonyl (C=O) groups excluding carboxylic acids is 1. The molecule has 1 aromatic rings. The van der Waals surface area contributed by atoms with Gasteiger partial charge in [0.25, 0.3) is 0 Å². The molecule has 0 spiro atoms. The molecule has 3 aliphatic heterocycles. The van der Waals surface area contributed by atoms with Crippen LogP contribution in [0.15, 0.2) is 29.4 Å². The smallest absolute Gasteiger partial charge is 0.340 e. The summed E-state index contributed by atoms with van der Waals surface area (Å²) in [6.45, 7) is 1.05. The Labute approximate surface area is 127 Å². The van der Waals surface area contributed by atoms with Gasteiger partial charge in [-0.2, -0.15) is 0 Å². The summed E-state index contributed by atoms with van der Waals surface area (Å²) >= 11 is 0. The summed E-state index contributed by atoms with van der Waals surface area (Å²) in [4.78, 5) is 13.8. The highest BCUT2D eigenvalue weighted by Crippen LogP contribution is 2.24. The van der Waals surface area contributed by atoms with Gasteiger partial charge in [0.05, 0.1) is 11.7 Å². The molecule has 0 amide bonds. The van der Waals surface area contributed by atoms with E-state index in [1.165, 1.54) is 7.11 Å². The molecule has 8 nitrogen and oxygen atoms in total. The molecule has 3 aliphatic rings. The Morgan fingerprint density at radius 1 is 1.50 bits per heavy atom. The lowest BCUT2D eigenvalue weighted by Crippen LogP contribution is -2.23. The van der Waals surface area contributed by atoms with E-state index in [4.69, 9.17) is 20.1 Å². The zero-order chi connectivity index (χ0) is 15.9. The Balaban J connectivity index is 0.000000164. The van der Waals surface area contributed by atoms with Crippen LogP contribution in [0.4, 0.5) is 0 Å². The van der Waals surface area contributed by atoms with Crippen LogP contribution < -0.4 is 5.32 Å². The number of aliphatic hydroxyl groups excluding tert-OH is 1. The van der Waals surface area contributed by atoms with Crippen molar-refractivity contribution in [1.29, 1.82) is 0 Å². The minimum absolute atomic E-state index is 0.172. The van der Waals surface area contributed by atoms with Gasteiger partial charge in [0.1, 0.15) is 0 Å². The first-order valence-corrected chi connectivity index (χ1v) is 6.90. The number of hydrogen-bond acceptors (Lipinski definition) is 6. The minimum Gasteiger partial charge on any atom is -0.428 e. The molecule has 2 bridgehead atoms. The highest BCUT2D eigenvalue weighted by atomic mass is 16.7. The third-order valence-electron chi connectivity index (χ3n) is 3.41. The van der Waals surface area contributed by atoms with Crippen LogP contribution in [0.25, 0.3) is 10.4 Å². The van der Waals surface area contributed by atoms with Gasteiger partial charge < -0.3 is 19.9 Å². The number of fused-ring (bicyclic) bond motifs is 4. The molecule has 3 unspecified atom stereocenters. The first-order chi connectivity index (χ1) is 10.6. The van der Waals surface area contributed by atoms with Gasteiger partial charge >= 0.3 is 5.97 Å². The van der Waals surface area contributed by atoms with Crippen LogP contribution in [0.2, 0.25) is 0 Å². The third kappa shape index (κ3) is 4.19. The van der Waals surface area contributed by atoms with E-state index in [9.17, 15) is 4.79 Å². The van der Waals surface area contributed by atoms with Crippen molar-refractivity contribution in [2.24, 2.45) is 5.11 Å². The molecule has 2 N–H and O–H groups in total. The number of carbonyl (C=O) groups is 1. The van der Waals surface area contributed by atoms with Gasteiger partial charge in [0.2, 0.25) is 6.29 Å². The number of nitrogens with zero attached hydrogens (tertiary/aromatic N) is 3. The summed E-state index contributed by atoms with van der Waals surface area (Å²) in [5.41, 5.74) is 9.40. The van der Waals surface area contributed by atoms with E-state index in [-0.39, 0.29) is 18.1 Å². The minimum atomic E-state index is -0.551. The molecule has 0 radical (unpaired) electrons. The van der Waals surface area contributed by atoms with Crippen molar-refractivity contribution in [3.63, 3.8) is 0 Å². The number of hydrogen-bond donors (Lipinski definition) is 2. The molecule has 22 heavy (non-hydrogen) atoms. The lowest BCUT2D eigenvalue weighted by atomic mass is 10.2. The van der Waals surface area contributed by atoms with Crippen LogP contribution in [0.1, 0.15) is 28.6 Å². The van der Waals surface area contributed by atoms with Gasteiger partial charge in [0, 0.05) is 36.7 Å². The van der Waals surface area contributed by atoms with E-state index in [1.807, 2.05) is 12.1 Å². The Hall–Kier alpha value is -2.12. The molecular formula is C14H18N4O4. The van der Waals surface area contributed by atoms with Crippen LogP contribution in [-0.2, 0) is 9.47 Å². The molecule has 3 atom stereocenters. The van der Waals surface area contributed by atoms with E-state index in [1.54, 1.807) is 12.1 Å². The lowest BCUT2D eigenvalue weighted by Gasteiger charge is -2.11. The third-order valence-corrected chi connectivity index (χ3v) is 3.41. The van der Waals surface area contributed by atoms with Crippen molar-refractivity contribution >= 4 is 5.97 Å². The number of β-amino-alcohol motifs (C(OH)–C–C–N with tert-alkyl or cyclic N) is 1. The van der Waals surface area contributed by atoms with Crippen LogP contribution in [0, 0.1) is 0 Å². The van der Waals surface area contributed by atoms with Gasteiger partial charge in [-0.15, -0.1) is 0 Å². The number of methoxy groups -OCH3 is 1. The lowest BCUT2D eigenvalue weighted by molar-refractivity contribution is -0.0913. The molecular weight excluding hydrogens is 288 g/mol. The van der Waals surface area contributed by atoms with E-state index >= 15 is 0 Å². The average Bonchev–Trinajstić information content (AvgIpc) is 2.82. The molecule has 3 heterocycles. The fraction of sp³-hybridized carbons (Fsp3) is 0.500. The maximum Gasteiger partial charge on any atom is 0.340 e. The van der Waals surface area contributed by atoms with Crippen LogP contribution in [-0.4, -0.2) is 43.4 Å². The number of ether oxygens (including phenoxy) is 2. The Kier molecular flexibility index (Phi) is 5.74. The zero-order valence-electron chi connectivity index (χ0n) is 12.2. The van der Waals surface area contributed by atoms with E-state index in [2.05, 4.69) is 15.3 Å². The standard InChI is InChI=1S/C9H8O3.C5H10N4O/c1-11-9-7-4-2-6(3-5-7)8(10)12-9;6-9-8-2-4-1-5(10)3-7-4/h2-5,9H,1H3;4-5,7,10H,1-3H2. The highest BCUT2D eigenvalue weighted by molar-refractivity contribution is 5.90. The van der Waals surface area contributed by atoms with Crippen molar-refractivity contribution in [2.45, 2.75) is 24.9 Å². The van der Waals surface area contributed by atoms with Crippen LogP contribution in [0.3, 0.4) is 0 Å². The molecule has 0 aliphatic carbocycles. The van der Waals surface area contributed by atoms with Crippen molar-refractivity contribution in [2.75, 3.05) is 20.2 Å². The summed E-state index contributed by atoms with van der Waals surface area (Å²) < 4.78 is 9.96.